The number of ether oxygens (including phenoxy) is 1. The highest BCUT2D eigenvalue weighted by Crippen LogP contribution is 2.29. The van der Waals surface area contributed by atoms with Crippen LogP contribution in [0.2, 0.25) is 0 Å². The van der Waals surface area contributed by atoms with Gasteiger partial charge in [-0.15, -0.1) is 0 Å². The fourth-order valence-electron chi connectivity index (χ4n) is 2.56. The number of likely N-dealkylation sites (N-methyl/N-ethyl adjacent to an activating group) is 1. The average Bonchev–Trinajstić information content (AvgIpc) is 2.86. The van der Waals surface area contributed by atoms with Crippen LogP contribution in [0.15, 0.2) is 0 Å². The molecule has 2 aliphatic rings. The Balaban J connectivity index is 1.99. The molecule has 0 spiro atoms. The first-order valence-corrected chi connectivity index (χ1v) is 5.77. The van der Waals surface area contributed by atoms with Gasteiger partial charge in [0.25, 0.3) is 0 Å². The Hall–Kier alpha value is -0.610. The highest BCUT2D eigenvalue weighted by Gasteiger charge is 2.40. The molecule has 1 amide bonds. The lowest BCUT2D eigenvalue weighted by Gasteiger charge is -2.32. The van der Waals surface area contributed by atoms with Crippen molar-refractivity contribution in [3.63, 3.8) is 0 Å². The van der Waals surface area contributed by atoms with Crippen LogP contribution in [0.3, 0.4) is 0 Å². The lowest BCUT2D eigenvalue weighted by Crippen LogP contribution is -2.55. The Morgan fingerprint density at radius 1 is 1.47 bits per heavy atom. The molecular weight excluding hydrogens is 192 g/mol. The zero-order chi connectivity index (χ0) is 10.9. The zero-order valence-electron chi connectivity index (χ0n) is 9.37. The Morgan fingerprint density at radius 2 is 2.13 bits per heavy atom. The SMILES string of the molecule is CN(C(=O)C1(N)CCCC1)C1CCOC1. The molecule has 0 radical (unpaired) electrons. The maximum absolute atomic E-state index is 12.2. The van der Waals surface area contributed by atoms with Gasteiger partial charge in [-0.1, -0.05) is 12.8 Å². The van der Waals surface area contributed by atoms with E-state index in [0.717, 1.165) is 38.7 Å². The number of hydrogen-bond donors (Lipinski definition) is 1. The Bertz CT molecular complexity index is 243. The number of carbonyl (C=O) groups is 1. The lowest BCUT2D eigenvalue weighted by atomic mass is 9.96. The Kier molecular flexibility index (Phi) is 2.98. The second-order valence-corrected chi connectivity index (χ2v) is 4.80. The van der Waals surface area contributed by atoms with E-state index >= 15 is 0 Å². The van der Waals surface area contributed by atoms with Crippen LogP contribution in [0.5, 0.6) is 0 Å². The van der Waals surface area contributed by atoms with Crippen LogP contribution in [0.1, 0.15) is 32.1 Å². The zero-order valence-corrected chi connectivity index (χ0v) is 9.37. The number of rotatable bonds is 2. The van der Waals surface area contributed by atoms with Crippen LogP contribution in [-0.4, -0.2) is 42.6 Å². The minimum atomic E-state index is -0.586. The van der Waals surface area contributed by atoms with Crippen molar-refractivity contribution in [1.29, 1.82) is 0 Å². The number of nitrogens with zero attached hydrogens (tertiary/aromatic N) is 1. The van der Waals surface area contributed by atoms with Crippen molar-refractivity contribution in [1.82, 2.24) is 4.90 Å². The van der Waals surface area contributed by atoms with Crippen LogP contribution in [0.4, 0.5) is 0 Å². The minimum absolute atomic E-state index is 0.107. The van der Waals surface area contributed by atoms with Gasteiger partial charge in [0.2, 0.25) is 5.91 Å². The van der Waals surface area contributed by atoms with E-state index in [0.29, 0.717) is 6.61 Å². The van der Waals surface area contributed by atoms with E-state index in [1.54, 1.807) is 4.90 Å². The molecule has 1 heterocycles. The molecule has 1 aliphatic heterocycles. The molecule has 15 heavy (non-hydrogen) atoms. The van der Waals surface area contributed by atoms with Crippen LogP contribution >= 0.6 is 0 Å². The van der Waals surface area contributed by atoms with Crippen LogP contribution in [-0.2, 0) is 9.53 Å². The number of nitrogens with two attached hydrogens (primary N) is 1. The monoisotopic (exact) mass is 212 g/mol. The molecule has 86 valence electrons. The molecule has 0 bridgehead atoms. The summed E-state index contributed by atoms with van der Waals surface area (Å²) < 4.78 is 5.29. The quantitative estimate of drug-likeness (QED) is 0.725. The topological polar surface area (TPSA) is 55.6 Å². The van der Waals surface area contributed by atoms with E-state index in [4.69, 9.17) is 10.5 Å². The van der Waals surface area contributed by atoms with Crippen molar-refractivity contribution in [2.75, 3.05) is 20.3 Å². The van der Waals surface area contributed by atoms with Crippen molar-refractivity contribution in [2.45, 2.75) is 43.7 Å². The fraction of sp³-hybridized carbons (Fsp3) is 0.909. The molecule has 1 saturated heterocycles. The third kappa shape index (κ3) is 2.01. The van der Waals surface area contributed by atoms with Gasteiger partial charge in [0.05, 0.1) is 18.2 Å². The van der Waals surface area contributed by atoms with E-state index in [1.807, 2.05) is 7.05 Å². The van der Waals surface area contributed by atoms with Gasteiger partial charge in [-0.3, -0.25) is 4.79 Å². The Labute approximate surface area is 90.8 Å². The van der Waals surface area contributed by atoms with Crippen molar-refractivity contribution in [3.05, 3.63) is 0 Å². The molecule has 2 rings (SSSR count). The second kappa shape index (κ2) is 4.10. The minimum Gasteiger partial charge on any atom is -0.379 e. The molecule has 1 saturated carbocycles. The van der Waals surface area contributed by atoms with Crippen molar-refractivity contribution in [2.24, 2.45) is 5.73 Å². The van der Waals surface area contributed by atoms with E-state index in [9.17, 15) is 4.79 Å². The van der Waals surface area contributed by atoms with Crippen molar-refractivity contribution >= 4 is 5.91 Å². The van der Waals surface area contributed by atoms with Gasteiger partial charge in [-0.25, -0.2) is 0 Å². The summed E-state index contributed by atoms with van der Waals surface area (Å²) in [6.45, 7) is 1.43. The summed E-state index contributed by atoms with van der Waals surface area (Å²) in [5, 5.41) is 0. The number of carbonyl (C=O) groups excluding carboxylic acids is 1. The van der Waals surface area contributed by atoms with E-state index in [-0.39, 0.29) is 11.9 Å². The summed E-state index contributed by atoms with van der Waals surface area (Å²) in [5.41, 5.74) is 5.55. The molecule has 2 fully saturated rings. The highest BCUT2D eigenvalue weighted by atomic mass is 16.5. The molecule has 1 atom stereocenters. The summed E-state index contributed by atoms with van der Waals surface area (Å²) >= 11 is 0. The van der Waals surface area contributed by atoms with E-state index in [1.165, 1.54) is 0 Å². The fourth-order valence-corrected chi connectivity index (χ4v) is 2.56. The van der Waals surface area contributed by atoms with Gasteiger partial charge in [0.15, 0.2) is 0 Å². The van der Waals surface area contributed by atoms with E-state index < -0.39 is 5.54 Å². The second-order valence-electron chi connectivity index (χ2n) is 4.80. The molecular formula is C11H20N2O2. The van der Waals surface area contributed by atoms with Crippen LogP contribution in [0.25, 0.3) is 0 Å². The molecule has 4 heteroatoms. The summed E-state index contributed by atoms with van der Waals surface area (Å²) in [5.74, 6) is 0.107. The smallest absolute Gasteiger partial charge is 0.242 e. The first kappa shape index (κ1) is 10.9. The van der Waals surface area contributed by atoms with E-state index in [2.05, 4.69) is 0 Å². The summed E-state index contributed by atoms with van der Waals surface area (Å²) in [6, 6.07) is 0.235. The Morgan fingerprint density at radius 3 is 2.67 bits per heavy atom. The lowest BCUT2D eigenvalue weighted by molar-refractivity contribution is -0.137. The molecule has 1 aliphatic carbocycles. The van der Waals surface area contributed by atoms with Crippen molar-refractivity contribution < 1.29 is 9.53 Å². The maximum atomic E-state index is 12.2. The van der Waals surface area contributed by atoms with Gasteiger partial charge in [-0.05, 0) is 19.3 Å². The molecule has 0 aromatic carbocycles. The largest absolute Gasteiger partial charge is 0.379 e. The van der Waals surface area contributed by atoms with Gasteiger partial charge >= 0.3 is 0 Å². The van der Waals surface area contributed by atoms with Crippen molar-refractivity contribution in [3.8, 4) is 0 Å². The van der Waals surface area contributed by atoms with Crippen LogP contribution < -0.4 is 5.73 Å². The maximum Gasteiger partial charge on any atom is 0.242 e. The third-order valence-electron chi connectivity index (χ3n) is 3.70. The normalized spacial score (nSPS) is 29.3. The first-order chi connectivity index (χ1) is 7.13. The molecule has 2 N–H and O–H groups in total. The number of hydrogen-bond acceptors (Lipinski definition) is 3. The van der Waals surface area contributed by atoms with Crippen LogP contribution in [0, 0.1) is 0 Å². The molecule has 1 unspecified atom stereocenters. The summed E-state index contributed by atoms with van der Waals surface area (Å²) in [7, 11) is 1.86. The molecule has 0 aromatic rings. The third-order valence-corrected chi connectivity index (χ3v) is 3.70. The standard InChI is InChI=1S/C11H20N2O2/c1-13(9-4-7-15-8-9)10(14)11(12)5-2-3-6-11/h9H,2-8,12H2,1H3. The van der Waals surface area contributed by atoms with Gasteiger partial charge in [0, 0.05) is 13.7 Å². The van der Waals surface area contributed by atoms with Gasteiger partial charge < -0.3 is 15.4 Å². The molecule has 0 aromatic heterocycles. The highest BCUT2D eigenvalue weighted by molar-refractivity contribution is 5.86. The van der Waals surface area contributed by atoms with Gasteiger partial charge in [0.1, 0.15) is 0 Å². The predicted molar refractivity (Wildman–Crippen MR) is 57.4 cm³/mol. The molecule has 4 nitrogen and oxygen atoms in total. The first-order valence-electron chi connectivity index (χ1n) is 5.77. The predicted octanol–water partition coefficient (Wildman–Crippen LogP) is 0.505. The summed E-state index contributed by atoms with van der Waals surface area (Å²) in [4.78, 5) is 14.0. The summed E-state index contributed by atoms with van der Waals surface area (Å²) in [6.07, 6.45) is 4.78. The van der Waals surface area contributed by atoms with Gasteiger partial charge in [-0.2, -0.15) is 0 Å². The number of amides is 1. The average molecular weight is 212 g/mol.